The minimum Gasteiger partial charge on any atom is -0.398 e. The predicted octanol–water partition coefficient (Wildman–Crippen LogP) is 3.05. The molecule has 116 valence electrons. The zero-order chi connectivity index (χ0) is 15.2. The highest BCUT2D eigenvalue weighted by Crippen LogP contribution is 2.48. The topological polar surface area (TPSA) is 72.2 Å². The van der Waals surface area contributed by atoms with Crippen molar-refractivity contribution in [3.63, 3.8) is 0 Å². The molecule has 0 amide bonds. The van der Waals surface area contributed by atoms with Crippen LogP contribution in [0.4, 0.5) is 5.69 Å². The summed E-state index contributed by atoms with van der Waals surface area (Å²) in [7, 11) is -3.49. The van der Waals surface area contributed by atoms with Gasteiger partial charge in [-0.1, -0.05) is 0 Å². The molecule has 6 heteroatoms. The lowest BCUT2D eigenvalue weighted by Gasteiger charge is -2.17. The number of nitrogen functional groups attached to an aromatic ring is 1. The summed E-state index contributed by atoms with van der Waals surface area (Å²) in [5.41, 5.74) is 6.97. The molecule has 0 aliphatic heterocycles. The third-order valence-electron chi connectivity index (χ3n) is 4.55. The maximum absolute atomic E-state index is 12.5. The molecule has 21 heavy (non-hydrogen) atoms. The zero-order valence-electron chi connectivity index (χ0n) is 12.1. The molecule has 1 aromatic carbocycles. The van der Waals surface area contributed by atoms with Gasteiger partial charge in [-0.05, 0) is 84.0 Å². The van der Waals surface area contributed by atoms with Crippen LogP contribution < -0.4 is 10.5 Å². The van der Waals surface area contributed by atoms with Gasteiger partial charge in [0.2, 0.25) is 10.0 Å². The quantitative estimate of drug-likeness (QED) is 0.753. The van der Waals surface area contributed by atoms with Crippen LogP contribution in [0.5, 0.6) is 0 Å². The average molecular weight is 373 g/mol. The van der Waals surface area contributed by atoms with Crippen LogP contribution in [0.2, 0.25) is 0 Å². The van der Waals surface area contributed by atoms with Gasteiger partial charge in [-0.2, -0.15) is 0 Å². The average Bonchev–Trinajstić information content (AvgIpc) is 3.25. The molecule has 0 bridgehead atoms. The van der Waals surface area contributed by atoms with Crippen LogP contribution in [0.1, 0.15) is 31.2 Å². The molecule has 3 rings (SSSR count). The van der Waals surface area contributed by atoms with Crippen molar-refractivity contribution in [2.24, 2.45) is 17.8 Å². The van der Waals surface area contributed by atoms with Gasteiger partial charge in [-0.3, -0.25) is 0 Å². The van der Waals surface area contributed by atoms with Crippen molar-refractivity contribution in [2.45, 2.75) is 37.5 Å². The highest BCUT2D eigenvalue weighted by atomic mass is 79.9. The Labute approximate surface area is 134 Å². The second-order valence-electron chi connectivity index (χ2n) is 6.33. The lowest BCUT2D eigenvalue weighted by Crippen LogP contribution is -2.31. The molecular weight excluding hydrogens is 352 g/mol. The van der Waals surface area contributed by atoms with Crippen LogP contribution in [0.15, 0.2) is 21.5 Å². The molecular formula is C15H21BrN2O2S. The number of aryl methyl sites for hydroxylation is 1. The SMILES string of the molecule is Cc1cc(Br)c(N)cc1S(=O)(=O)NCC(C1CC1)C1CC1. The molecule has 0 atom stereocenters. The molecule has 2 aliphatic rings. The van der Waals surface area contributed by atoms with Gasteiger partial charge in [0, 0.05) is 16.7 Å². The smallest absolute Gasteiger partial charge is 0.240 e. The fraction of sp³-hybridized carbons (Fsp3) is 0.600. The largest absolute Gasteiger partial charge is 0.398 e. The first kappa shape index (κ1) is 15.3. The summed E-state index contributed by atoms with van der Waals surface area (Å²) in [6.45, 7) is 2.35. The van der Waals surface area contributed by atoms with E-state index in [0.717, 1.165) is 16.3 Å². The van der Waals surface area contributed by atoms with Gasteiger partial charge in [0.25, 0.3) is 0 Å². The minimum atomic E-state index is -3.49. The number of anilines is 1. The molecule has 0 spiro atoms. The van der Waals surface area contributed by atoms with E-state index in [-0.39, 0.29) is 4.90 Å². The summed E-state index contributed by atoms with van der Waals surface area (Å²) < 4.78 is 28.6. The van der Waals surface area contributed by atoms with Crippen molar-refractivity contribution in [2.75, 3.05) is 12.3 Å². The second-order valence-corrected chi connectivity index (χ2v) is 8.92. The van der Waals surface area contributed by atoms with E-state index in [1.54, 1.807) is 13.0 Å². The van der Waals surface area contributed by atoms with E-state index < -0.39 is 10.0 Å². The van der Waals surface area contributed by atoms with Crippen LogP contribution >= 0.6 is 15.9 Å². The summed E-state index contributed by atoms with van der Waals surface area (Å²) in [6, 6.07) is 3.29. The number of hydrogen-bond acceptors (Lipinski definition) is 3. The maximum atomic E-state index is 12.5. The van der Waals surface area contributed by atoms with Crippen LogP contribution in [0.25, 0.3) is 0 Å². The van der Waals surface area contributed by atoms with Gasteiger partial charge >= 0.3 is 0 Å². The van der Waals surface area contributed by atoms with Crippen LogP contribution in [0.3, 0.4) is 0 Å². The predicted molar refractivity (Wildman–Crippen MR) is 87.4 cm³/mol. The Morgan fingerprint density at radius 3 is 2.38 bits per heavy atom. The van der Waals surface area contributed by atoms with Crippen molar-refractivity contribution in [3.05, 3.63) is 22.2 Å². The number of nitrogens with one attached hydrogen (secondary N) is 1. The molecule has 0 radical (unpaired) electrons. The molecule has 2 fully saturated rings. The van der Waals surface area contributed by atoms with Crippen LogP contribution in [0, 0.1) is 24.7 Å². The third-order valence-corrected chi connectivity index (χ3v) is 6.80. The van der Waals surface area contributed by atoms with Gasteiger partial charge in [0.1, 0.15) is 0 Å². The van der Waals surface area contributed by atoms with Gasteiger partial charge < -0.3 is 5.73 Å². The van der Waals surface area contributed by atoms with E-state index >= 15 is 0 Å². The first-order valence-electron chi connectivity index (χ1n) is 7.44. The van der Waals surface area contributed by atoms with E-state index in [0.29, 0.717) is 23.7 Å². The summed E-state index contributed by atoms with van der Waals surface area (Å²) in [5, 5.41) is 0. The lowest BCUT2D eigenvalue weighted by atomic mass is 9.99. The van der Waals surface area contributed by atoms with Crippen LogP contribution in [-0.4, -0.2) is 15.0 Å². The molecule has 4 nitrogen and oxygen atoms in total. The summed E-state index contributed by atoms with van der Waals surface area (Å²) in [4.78, 5) is 0.286. The Kier molecular flexibility index (Phi) is 4.05. The first-order valence-corrected chi connectivity index (χ1v) is 9.71. The highest BCUT2D eigenvalue weighted by molar-refractivity contribution is 9.10. The van der Waals surface area contributed by atoms with Crippen molar-refractivity contribution < 1.29 is 8.42 Å². The van der Waals surface area contributed by atoms with Crippen molar-refractivity contribution in [1.82, 2.24) is 4.72 Å². The van der Waals surface area contributed by atoms with Gasteiger partial charge in [-0.25, -0.2) is 13.1 Å². The Hall–Kier alpha value is -0.590. The fourth-order valence-corrected chi connectivity index (χ4v) is 4.80. The Morgan fingerprint density at radius 2 is 1.86 bits per heavy atom. The molecule has 2 saturated carbocycles. The van der Waals surface area contributed by atoms with E-state index in [1.807, 2.05) is 0 Å². The molecule has 0 saturated heterocycles. The molecule has 0 unspecified atom stereocenters. The maximum Gasteiger partial charge on any atom is 0.240 e. The van der Waals surface area contributed by atoms with Crippen molar-refractivity contribution >= 4 is 31.6 Å². The molecule has 3 N–H and O–H groups in total. The fourth-order valence-electron chi connectivity index (χ4n) is 3.01. The van der Waals surface area contributed by atoms with Gasteiger partial charge in [-0.15, -0.1) is 0 Å². The summed E-state index contributed by atoms with van der Waals surface area (Å²) in [6.07, 6.45) is 5.03. The van der Waals surface area contributed by atoms with Gasteiger partial charge in [0.05, 0.1) is 4.90 Å². The van der Waals surface area contributed by atoms with Crippen molar-refractivity contribution in [3.8, 4) is 0 Å². The normalized spacial score (nSPS) is 19.2. The Morgan fingerprint density at radius 1 is 1.29 bits per heavy atom. The second kappa shape index (κ2) is 5.56. The number of halogens is 1. The Bertz CT molecular complexity index is 640. The summed E-state index contributed by atoms with van der Waals surface area (Å²) in [5.74, 6) is 1.99. The van der Waals surface area contributed by atoms with Gasteiger partial charge in [0.15, 0.2) is 0 Å². The molecule has 0 heterocycles. The van der Waals surface area contributed by atoms with E-state index in [2.05, 4.69) is 20.7 Å². The van der Waals surface area contributed by atoms with Crippen molar-refractivity contribution in [1.29, 1.82) is 0 Å². The summed E-state index contributed by atoms with van der Waals surface area (Å²) >= 11 is 3.32. The van der Waals surface area contributed by atoms with E-state index in [9.17, 15) is 8.42 Å². The Balaban J connectivity index is 1.75. The number of sulfonamides is 1. The third kappa shape index (κ3) is 3.43. The number of hydrogen-bond donors (Lipinski definition) is 2. The minimum absolute atomic E-state index is 0.286. The molecule has 1 aromatic rings. The zero-order valence-corrected chi connectivity index (χ0v) is 14.5. The standard InChI is InChI=1S/C15H21BrN2O2S/c1-9-6-13(16)14(17)7-15(9)21(19,20)18-8-12(10-2-3-10)11-4-5-11/h6-7,10-12,18H,2-5,8,17H2,1H3. The molecule has 2 aliphatic carbocycles. The highest BCUT2D eigenvalue weighted by Gasteiger charge is 2.41. The number of benzene rings is 1. The molecule has 0 aromatic heterocycles. The van der Waals surface area contributed by atoms with E-state index in [4.69, 9.17) is 5.73 Å². The van der Waals surface area contributed by atoms with Crippen LogP contribution in [-0.2, 0) is 10.0 Å². The van der Waals surface area contributed by atoms with E-state index in [1.165, 1.54) is 31.7 Å². The number of rotatable bonds is 6. The first-order chi connectivity index (χ1) is 9.88. The number of nitrogens with two attached hydrogens (primary N) is 1. The monoisotopic (exact) mass is 372 g/mol. The lowest BCUT2D eigenvalue weighted by molar-refractivity contribution is 0.401.